The third-order valence-corrected chi connectivity index (χ3v) is 8.93. The van der Waals surface area contributed by atoms with Crippen molar-refractivity contribution in [3.8, 4) is 6.01 Å². The second kappa shape index (κ2) is 10.2. The largest absolute Gasteiger partial charge is 0.467 e. The molecular formula is C25H29Cl2N7O2S. The molecule has 0 spiro atoms. The highest BCUT2D eigenvalue weighted by atomic mass is 35.5. The Hall–Kier alpha value is -2.69. The number of rotatable bonds is 4. The van der Waals surface area contributed by atoms with Crippen LogP contribution in [0.25, 0.3) is 0 Å². The van der Waals surface area contributed by atoms with Gasteiger partial charge in [-0.05, 0) is 31.0 Å². The van der Waals surface area contributed by atoms with Crippen LogP contribution in [-0.4, -0.2) is 58.3 Å². The molecule has 12 heteroatoms. The quantitative estimate of drug-likeness (QED) is 0.463. The number of hydrogen-bond acceptors (Lipinski definition) is 8. The molecule has 0 fully saturated rings. The van der Waals surface area contributed by atoms with E-state index in [-0.39, 0.29) is 11.2 Å². The Morgan fingerprint density at radius 1 is 1.24 bits per heavy atom. The third kappa shape index (κ3) is 4.82. The number of amides is 1. The lowest BCUT2D eigenvalue weighted by Gasteiger charge is -2.30. The first-order valence-electron chi connectivity index (χ1n) is 12.0. The highest BCUT2D eigenvalue weighted by molar-refractivity contribution is 7.98. The lowest BCUT2D eigenvalue weighted by Crippen LogP contribution is -2.27. The number of carbonyl (C=O) groups is 1. The van der Waals surface area contributed by atoms with Crippen molar-refractivity contribution in [2.45, 2.75) is 43.9 Å². The average Bonchev–Trinajstić information content (AvgIpc) is 3.04. The van der Waals surface area contributed by atoms with E-state index >= 15 is 0 Å². The molecule has 9 nitrogen and oxygen atoms in total. The van der Waals surface area contributed by atoms with Crippen LogP contribution in [-0.2, 0) is 25.3 Å². The van der Waals surface area contributed by atoms with Gasteiger partial charge in [0.05, 0.1) is 35.1 Å². The smallest absolute Gasteiger partial charge is 0.318 e. The van der Waals surface area contributed by atoms with E-state index in [0.717, 1.165) is 53.4 Å². The molecule has 3 aromatic rings. The molecule has 0 radical (unpaired) electrons. The Bertz CT molecular complexity index is 1380. The Morgan fingerprint density at radius 2 is 2.03 bits per heavy atom. The number of methoxy groups -OCH3 is 1. The van der Waals surface area contributed by atoms with Crippen LogP contribution in [0.4, 0.5) is 11.5 Å². The van der Waals surface area contributed by atoms with E-state index in [9.17, 15) is 4.79 Å². The normalized spacial score (nSPS) is 17.1. The molecule has 0 saturated heterocycles. The van der Waals surface area contributed by atoms with Gasteiger partial charge in [0.2, 0.25) is 0 Å². The van der Waals surface area contributed by atoms with Gasteiger partial charge in [-0.25, -0.2) is 0 Å². The molecule has 0 aliphatic carbocycles. The van der Waals surface area contributed by atoms with Gasteiger partial charge in [0.15, 0.2) is 5.69 Å². The van der Waals surface area contributed by atoms with E-state index in [1.807, 2.05) is 17.7 Å². The fraction of sp³-hybridized carbons (Fsp3) is 0.440. The summed E-state index contributed by atoms with van der Waals surface area (Å²) in [6, 6.07) is 3.89. The summed E-state index contributed by atoms with van der Waals surface area (Å²) >= 11 is 14.7. The first-order valence-corrected chi connectivity index (χ1v) is 13.8. The van der Waals surface area contributed by atoms with Crippen molar-refractivity contribution in [1.29, 1.82) is 0 Å². The van der Waals surface area contributed by atoms with Crippen molar-refractivity contribution in [3.05, 3.63) is 56.0 Å². The summed E-state index contributed by atoms with van der Waals surface area (Å²) in [5.41, 5.74) is 12.0. The van der Waals surface area contributed by atoms with Crippen LogP contribution in [0, 0.1) is 6.92 Å². The Balaban J connectivity index is 1.50. The molecule has 196 valence electrons. The van der Waals surface area contributed by atoms with Crippen molar-refractivity contribution in [1.82, 2.24) is 24.6 Å². The maximum absolute atomic E-state index is 12.7. The number of ether oxygens (including phenoxy) is 1. The number of nitrogen functional groups attached to an aromatic ring is 1. The van der Waals surface area contributed by atoms with Gasteiger partial charge in [0.1, 0.15) is 5.82 Å². The van der Waals surface area contributed by atoms with Crippen LogP contribution >= 0.6 is 35.0 Å². The SMILES string of the molecule is COc1nc2c(c(N3CCCn4nc(C(=O)N(C)C)c(C)c4C3)n1)CSC(c1cc(N)cc(Cl)c1Cl)C2. The molecule has 1 unspecified atom stereocenters. The minimum atomic E-state index is -0.0894. The maximum Gasteiger partial charge on any atom is 0.318 e. The van der Waals surface area contributed by atoms with E-state index in [1.54, 1.807) is 43.9 Å². The molecule has 2 aliphatic heterocycles. The van der Waals surface area contributed by atoms with Gasteiger partial charge in [-0.2, -0.15) is 15.1 Å². The first-order chi connectivity index (χ1) is 17.7. The third-order valence-electron chi connectivity index (χ3n) is 6.83. The zero-order valence-electron chi connectivity index (χ0n) is 21.2. The molecule has 4 heterocycles. The minimum absolute atomic E-state index is 0.0564. The highest BCUT2D eigenvalue weighted by Crippen LogP contribution is 2.47. The number of hydrogen-bond donors (Lipinski definition) is 1. The molecule has 5 rings (SSSR count). The number of carbonyl (C=O) groups excluding carboxylic acids is 1. The standard InChI is InChI=1S/C25H29Cl2N7O2S/c1-13-19-11-33(6-5-7-34(19)31-22(13)24(35)32(2)3)23-16-12-37-20(10-18(16)29-25(30-23)36-4)15-8-14(28)9-17(26)21(15)27/h8-9,20H,5-7,10-12,28H2,1-4H3. The van der Waals surface area contributed by atoms with Crippen LogP contribution in [0.2, 0.25) is 10.0 Å². The molecule has 1 aromatic carbocycles. The molecule has 37 heavy (non-hydrogen) atoms. The summed E-state index contributed by atoms with van der Waals surface area (Å²) in [7, 11) is 5.07. The number of anilines is 2. The lowest BCUT2D eigenvalue weighted by molar-refractivity contribution is 0.0820. The Labute approximate surface area is 230 Å². The summed E-state index contributed by atoms with van der Waals surface area (Å²) in [4.78, 5) is 26.0. The van der Waals surface area contributed by atoms with Crippen molar-refractivity contribution < 1.29 is 9.53 Å². The zero-order chi connectivity index (χ0) is 26.4. The van der Waals surface area contributed by atoms with Crippen LogP contribution in [0.5, 0.6) is 6.01 Å². The summed E-state index contributed by atoms with van der Waals surface area (Å²) in [6.45, 7) is 4.10. The number of thioether (sulfide) groups is 1. The monoisotopic (exact) mass is 561 g/mol. The van der Waals surface area contributed by atoms with Gasteiger partial charge in [0, 0.05) is 61.4 Å². The van der Waals surface area contributed by atoms with Gasteiger partial charge in [0.25, 0.3) is 5.91 Å². The van der Waals surface area contributed by atoms with Gasteiger partial charge in [-0.15, -0.1) is 11.8 Å². The predicted octanol–water partition coefficient (Wildman–Crippen LogP) is 4.52. The molecule has 1 atom stereocenters. The lowest BCUT2D eigenvalue weighted by atomic mass is 10.0. The van der Waals surface area contributed by atoms with Crippen molar-refractivity contribution >= 4 is 52.4 Å². The van der Waals surface area contributed by atoms with Crippen molar-refractivity contribution in [2.75, 3.05) is 38.4 Å². The molecule has 2 N–H and O–H groups in total. The average molecular weight is 563 g/mol. The topological polar surface area (TPSA) is 102 Å². The Kier molecular flexibility index (Phi) is 7.17. The second-order valence-corrected chi connectivity index (χ2v) is 11.5. The first kappa shape index (κ1) is 25.9. The molecule has 1 amide bonds. The van der Waals surface area contributed by atoms with Gasteiger partial charge in [-0.3, -0.25) is 9.48 Å². The Morgan fingerprint density at radius 3 is 2.76 bits per heavy atom. The van der Waals surface area contributed by atoms with Crippen LogP contribution in [0.3, 0.4) is 0 Å². The van der Waals surface area contributed by atoms with Crippen LogP contribution in [0.15, 0.2) is 12.1 Å². The number of nitrogens with two attached hydrogens (primary N) is 1. The van der Waals surface area contributed by atoms with E-state index in [2.05, 4.69) is 10.00 Å². The summed E-state index contributed by atoms with van der Waals surface area (Å²) in [6.07, 6.45) is 1.52. The van der Waals surface area contributed by atoms with Gasteiger partial charge < -0.3 is 20.3 Å². The molecular weight excluding hydrogens is 533 g/mol. The fourth-order valence-corrected chi connectivity index (χ4v) is 6.73. The number of fused-ring (bicyclic) bond motifs is 2. The number of halogens is 2. The van der Waals surface area contributed by atoms with E-state index in [0.29, 0.717) is 46.2 Å². The zero-order valence-corrected chi connectivity index (χ0v) is 23.5. The number of aromatic nitrogens is 4. The summed E-state index contributed by atoms with van der Waals surface area (Å²) in [5, 5.41) is 5.68. The molecule has 0 bridgehead atoms. The molecule has 2 aromatic heterocycles. The van der Waals surface area contributed by atoms with E-state index < -0.39 is 0 Å². The van der Waals surface area contributed by atoms with E-state index in [4.69, 9.17) is 43.6 Å². The number of aryl methyl sites for hydroxylation is 1. The number of nitrogens with zero attached hydrogens (tertiary/aromatic N) is 6. The van der Waals surface area contributed by atoms with Crippen molar-refractivity contribution in [3.63, 3.8) is 0 Å². The highest BCUT2D eigenvalue weighted by Gasteiger charge is 2.31. The minimum Gasteiger partial charge on any atom is -0.467 e. The predicted molar refractivity (Wildman–Crippen MR) is 148 cm³/mol. The summed E-state index contributed by atoms with van der Waals surface area (Å²) in [5.74, 6) is 1.48. The molecule has 2 aliphatic rings. The van der Waals surface area contributed by atoms with Gasteiger partial charge in [-0.1, -0.05) is 23.2 Å². The van der Waals surface area contributed by atoms with Crippen LogP contribution < -0.4 is 15.4 Å². The van der Waals surface area contributed by atoms with Crippen LogP contribution in [0.1, 0.15) is 50.2 Å². The van der Waals surface area contributed by atoms with Crippen molar-refractivity contribution in [2.24, 2.45) is 0 Å². The summed E-state index contributed by atoms with van der Waals surface area (Å²) < 4.78 is 7.48. The number of benzene rings is 1. The van der Waals surface area contributed by atoms with E-state index in [1.165, 1.54) is 0 Å². The fourth-order valence-electron chi connectivity index (χ4n) is 4.89. The molecule has 0 saturated carbocycles. The maximum atomic E-state index is 12.7. The second-order valence-electron chi connectivity index (χ2n) is 9.49. The van der Waals surface area contributed by atoms with Gasteiger partial charge >= 0.3 is 6.01 Å².